The standard InChI is InChI=1S/C25H33NO6/c1-4-25(31,5-2)14-7-15-26(3)20-8-6-9-21(16-20)32-17-18-10-12-19(13-11-18)22(23(27)28)24(29)30/h6,8-13,16,22,31H,4-5,7,14-15,17H2,1-3H3,(H,27,28)(H,29,30). The first-order valence-electron chi connectivity index (χ1n) is 10.9. The molecule has 2 aromatic carbocycles. The number of aliphatic carboxylic acids is 2. The largest absolute Gasteiger partial charge is 0.489 e. The number of nitrogens with zero attached hydrogens (tertiary/aromatic N) is 1. The van der Waals surface area contributed by atoms with E-state index in [0.717, 1.165) is 43.5 Å². The minimum Gasteiger partial charge on any atom is -0.489 e. The normalized spacial score (nSPS) is 11.4. The number of rotatable bonds is 13. The zero-order chi connectivity index (χ0) is 23.7. The van der Waals surface area contributed by atoms with Gasteiger partial charge in [0, 0.05) is 25.3 Å². The van der Waals surface area contributed by atoms with Gasteiger partial charge in [0.2, 0.25) is 0 Å². The molecule has 0 fully saturated rings. The lowest BCUT2D eigenvalue weighted by Gasteiger charge is -2.27. The van der Waals surface area contributed by atoms with Gasteiger partial charge in [-0.25, -0.2) is 0 Å². The van der Waals surface area contributed by atoms with Gasteiger partial charge in [-0.05, 0) is 48.9 Å². The fraction of sp³-hybridized carbons (Fsp3) is 0.440. The molecule has 7 heteroatoms. The van der Waals surface area contributed by atoms with E-state index in [9.17, 15) is 14.7 Å². The van der Waals surface area contributed by atoms with E-state index in [4.69, 9.17) is 14.9 Å². The van der Waals surface area contributed by atoms with Crippen LogP contribution in [-0.2, 0) is 16.2 Å². The Morgan fingerprint density at radius 3 is 2.22 bits per heavy atom. The summed E-state index contributed by atoms with van der Waals surface area (Å²) >= 11 is 0. The van der Waals surface area contributed by atoms with Crippen LogP contribution in [-0.4, -0.2) is 46.5 Å². The summed E-state index contributed by atoms with van der Waals surface area (Å²) < 4.78 is 5.87. The Hall–Kier alpha value is -3.06. The lowest BCUT2D eigenvalue weighted by molar-refractivity contribution is -0.150. The number of benzene rings is 2. The van der Waals surface area contributed by atoms with Crippen molar-refractivity contribution < 1.29 is 29.6 Å². The molecule has 0 aliphatic carbocycles. The summed E-state index contributed by atoms with van der Waals surface area (Å²) in [7, 11) is 2.01. The minimum atomic E-state index is -1.58. The van der Waals surface area contributed by atoms with Crippen LogP contribution in [0.15, 0.2) is 48.5 Å². The van der Waals surface area contributed by atoms with Crippen molar-refractivity contribution in [1.82, 2.24) is 0 Å². The molecule has 2 rings (SSSR count). The van der Waals surface area contributed by atoms with Gasteiger partial charge < -0.3 is 25.0 Å². The molecule has 0 aromatic heterocycles. The molecule has 0 amide bonds. The second-order valence-electron chi connectivity index (χ2n) is 8.09. The van der Waals surface area contributed by atoms with E-state index in [-0.39, 0.29) is 12.2 Å². The van der Waals surface area contributed by atoms with Crippen molar-refractivity contribution in [3.8, 4) is 5.75 Å². The van der Waals surface area contributed by atoms with E-state index in [0.29, 0.717) is 5.75 Å². The number of aliphatic hydroxyl groups is 1. The highest BCUT2D eigenvalue weighted by molar-refractivity contribution is 5.98. The van der Waals surface area contributed by atoms with Gasteiger partial charge in [0.25, 0.3) is 0 Å². The SMILES string of the molecule is CCC(O)(CC)CCCN(C)c1cccc(OCc2ccc(C(C(=O)O)C(=O)O)cc2)c1. The third kappa shape index (κ3) is 6.99. The summed E-state index contributed by atoms with van der Waals surface area (Å²) in [5, 5.41) is 28.6. The van der Waals surface area contributed by atoms with Crippen molar-refractivity contribution in [3.05, 3.63) is 59.7 Å². The summed E-state index contributed by atoms with van der Waals surface area (Å²) in [6, 6.07) is 14.1. The Morgan fingerprint density at radius 1 is 1.03 bits per heavy atom. The van der Waals surface area contributed by atoms with Crippen LogP contribution in [0.2, 0.25) is 0 Å². The van der Waals surface area contributed by atoms with Crippen LogP contribution in [0.4, 0.5) is 5.69 Å². The first kappa shape index (κ1) is 25.2. The van der Waals surface area contributed by atoms with E-state index in [1.807, 2.05) is 45.2 Å². The molecule has 174 valence electrons. The molecule has 2 aromatic rings. The van der Waals surface area contributed by atoms with Gasteiger partial charge >= 0.3 is 11.9 Å². The Labute approximate surface area is 189 Å². The fourth-order valence-corrected chi connectivity index (χ4v) is 3.55. The van der Waals surface area contributed by atoms with Crippen molar-refractivity contribution in [2.75, 3.05) is 18.5 Å². The first-order chi connectivity index (χ1) is 15.2. The molecule has 0 radical (unpaired) electrons. The topological polar surface area (TPSA) is 107 Å². The van der Waals surface area contributed by atoms with Crippen LogP contribution in [0, 0.1) is 0 Å². The van der Waals surface area contributed by atoms with Crippen LogP contribution < -0.4 is 9.64 Å². The second kappa shape index (κ2) is 11.5. The van der Waals surface area contributed by atoms with E-state index < -0.39 is 23.5 Å². The van der Waals surface area contributed by atoms with Gasteiger partial charge in [0.15, 0.2) is 5.92 Å². The van der Waals surface area contributed by atoms with Crippen molar-refractivity contribution in [3.63, 3.8) is 0 Å². The predicted octanol–water partition coefficient (Wildman–Crippen LogP) is 4.29. The maximum Gasteiger partial charge on any atom is 0.322 e. The molecule has 0 saturated heterocycles. The molecule has 0 aliphatic rings. The highest BCUT2D eigenvalue weighted by Gasteiger charge is 2.27. The molecule has 0 bridgehead atoms. The minimum absolute atomic E-state index is 0.218. The molecule has 0 atom stereocenters. The zero-order valence-corrected chi connectivity index (χ0v) is 19.0. The molecule has 0 aliphatic heterocycles. The van der Waals surface area contributed by atoms with Gasteiger partial charge in [-0.3, -0.25) is 9.59 Å². The summed E-state index contributed by atoms with van der Waals surface area (Å²) in [6.07, 6.45) is 3.16. The van der Waals surface area contributed by atoms with E-state index in [1.54, 1.807) is 12.1 Å². The highest BCUT2D eigenvalue weighted by Crippen LogP contribution is 2.25. The Morgan fingerprint density at radius 2 is 1.66 bits per heavy atom. The van der Waals surface area contributed by atoms with E-state index >= 15 is 0 Å². The monoisotopic (exact) mass is 443 g/mol. The fourth-order valence-electron chi connectivity index (χ4n) is 3.55. The van der Waals surface area contributed by atoms with Crippen molar-refractivity contribution in [2.45, 2.75) is 57.7 Å². The zero-order valence-electron chi connectivity index (χ0n) is 19.0. The maximum absolute atomic E-state index is 11.1. The van der Waals surface area contributed by atoms with Crippen LogP contribution in [0.25, 0.3) is 0 Å². The predicted molar refractivity (Wildman–Crippen MR) is 123 cm³/mol. The molecule has 0 spiro atoms. The van der Waals surface area contributed by atoms with Crippen molar-refractivity contribution in [1.29, 1.82) is 0 Å². The molecule has 32 heavy (non-hydrogen) atoms. The molecular weight excluding hydrogens is 410 g/mol. The molecule has 0 heterocycles. The average molecular weight is 444 g/mol. The van der Waals surface area contributed by atoms with Gasteiger partial charge in [0.05, 0.1) is 5.60 Å². The number of carboxylic acids is 2. The van der Waals surface area contributed by atoms with Crippen LogP contribution in [0.3, 0.4) is 0 Å². The molecule has 7 nitrogen and oxygen atoms in total. The number of ether oxygens (including phenoxy) is 1. The van der Waals surface area contributed by atoms with Gasteiger partial charge in [-0.2, -0.15) is 0 Å². The van der Waals surface area contributed by atoms with Gasteiger partial charge in [0.1, 0.15) is 12.4 Å². The van der Waals surface area contributed by atoms with Crippen LogP contribution in [0.5, 0.6) is 5.75 Å². The molecule has 3 N–H and O–H groups in total. The Bertz CT molecular complexity index is 878. The number of anilines is 1. The van der Waals surface area contributed by atoms with E-state index in [2.05, 4.69) is 4.90 Å². The number of carboxylic acid groups (broad SMARTS) is 2. The van der Waals surface area contributed by atoms with Gasteiger partial charge in [-0.15, -0.1) is 0 Å². The Balaban J connectivity index is 1.94. The lowest BCUT2D eigenvalue weighted by Crippen LogP contribution is -2.28. The van der Waals surface area contributed by atoms with E-state index in [1.165, 1.54) is 12.1 Å². The van der Waals surface area contributed by atoms with Crippen molar-refractivity contribution in [2.24, 2.45) is 0 Å². The summed E-state index contributed by atoms with van der Waals surface area (Å²) in [5.74, 6) is -3.66. The first-order valence-corrected chi connectivity index (χ1v) is 10.9. The molecule has 0 unspecified atom stereocenters. The third-order valence-electron chi connectivity index (χ3n) is 5.92. The number of hydrogen-bond donors (Lipinski definition) is 3. The maximum atomic E-state index is 11.1. The second-order valence-corrected chi connectivity index (χ2v) is 8.09. The van der Waals surface area contributed by atoms with Crippen LogP contribution >= 0.6 is 0 Å². The molecular formula is C25H33NO6. The Kier molecular flexibility index (Phi) is 9.08. The number of hydrogen-bond acceptors (Lipinski definition) is 5. The quantitative estimate of drug-likeness (QED) is 0.397. The number of carbonyl (C=O) groups is 2. The summed E-state index contributed by atoms with van der Waals surface area (Å²) in [4.78, 5) is 24.4. The molecule has 0 saturated carbocycles. The van der Waals surface area contributed by atoms with Gasteiger partial charge in [-0.1, -0.05) is 44.2 Å². The van der Waals surface area contributed by atoms with Crippen LogP contribution in [0.1, 0.15) is 56.6 Å². The lowest BCUT2D eigenvalue weighted by atomic mass is 9.92. The van der Waals surface area contributed by atoms with Crippen molar-refractivity contribution >= 4 is 17.6 Å². The smallest absolute Gasteiger partial charge is 0.322 e. The third-order valence-corrected chi connectivity index (χ3v) is 5.92. The summed E-state index contributed by atoms with van der Waals surface area (Å²) in [5.41, 5.74) is 1.45. The highest BCUT2D eigenvalue weighted by atomic mass is 16.5. The summed E-state index contributed by atoms with van der Waals surface area (Å²) in [6.45, 7) is 5.12. The average Bonchev–Trinajstić information content (AvgIpc) is 2.78.